The van der Waals surface area contributed by atoms with Crippen LogP contribution in [0.2, 0.25) is 0 Å². The summed E-state index contributed by atoms with van der Waals surface area (Å²) < 4.78 is 27.7. The van der Waals surface area contributed by atoms with Gasteiger partial charge in [-0.05, 0) is 69.7 Å². The van der Waals surface area contributed by atoms with Gasteiger partial charge in [-0.2, -0.15) is 0 Å². The molecule has 0 radical (unpaired) electrons. The Bertz CT molecular complexity index is 707. The summed E-state index contributed by atoms with van der Waals surface area (Å²) in [5.41, 5.74) is 0.393. The van der Waals surface area contributed by atoms with E-state index in [9.17, 15) is 18.7 Å². The molecule has 2 heterocycles. The molecule has 0 bridgehead atoms. The molecule has 6 heteroatoms. The number of carbonyl (C=O) groups is 1. The van der Waals surface area contributed by atoms with Crippen molar-refractivity contribution in [3.63, 3.8) is 0 Å². The summed E-state index contributed by atoms with van der Waals surface area (Å²) in [7, 11) is 0. The Hall–Kier alpha value is -1.53. The molecule has 1 atom stereocenters. The third-order valence-electron chi connectivity index (χ3n) is 6.80. The summed E-state index contributed by atoms with van der Waals surface area (Å²) in [6, 6.07) is 3.66. The molecule has 1 amide bonds. The number of rotatable bonds is 3. The van der Waals surface area contributed by atoms with Gasteiger partial charge in [0.1, 0.15) is 11.6 Å². The van der Waals surface area contributed by atoms with Gasteiger partial charge < -0.3 is 10.0 Å². The normalized spacial score (nSPS) is 31.7. The third kappa shape index (κ3) is 3.74. The Morgan fingerprint density at radius 3 is 2.59 bits per heavy atom. The summed E-state index contributed by atoms with van der Waals surface area (Å²) in [5, 5.41) is 9.47. The second-order valence-corrected chi connectivity index (χ2v) is 8.49. The van der Waals surface area contributed by atoms with Crippen LogP contribution in [0.1, 0.15) is 50.5 Å². The zero-order valence-electron chi connectivity index (χ0n) is 15.7. The Labute approximate surface area is 159 Å². The average Bonchev–Trinajstić information content (AvgIpc) is 2.86. The standard InChI is InChI=1S/C21H28F2N2O2/c22-17-3-4-19(23)16(11-17)14-25-9-2-6-21(25)5-1-8-24(10-7-21)20(27)15-12-18(26)13-15/h3-4,11,15,18,26H,1-2,5-10,12-14H2. The molecule has 1 saturated carbocycles. The van der Waals surface area contributed by atoms with E-state index in [1.807, 2.05) is 4.90 Å². The average molecular weight is 378 g/mol. The Kier molecular flexibility index (Phi) is 5.21. The van der Waals surface area contributed by atoms with Crippen LogP contribution in [0.4, 0.5) is 8.78 Å². The van der Waals surface area contributed by atoms with E-state index >= 15 is 0 Å². The summed E-state index contributed by atoms with van der Waals surface area (Å²) >= 11 is 0. The van der Waals surface area contributed by atoms with Crippen LogP contribution in [0.15, 0.2) is 18.2 Å². The number of aliphatic hydroxyl groups excluding tert-OH is 1. The third-order valence-corrected chi connectivity index (χ3v) is 6.80. The van der Waals surface area contributed by atoms with Gasteiger partial charge in [-0.15, -0.1) is 0 Å². The molecule has 1 aromatic carbocycles. The van der Waals surface area contributed by atoms with Crippen molar-refractivity contribution in [2.75, 3.05) is 19.6 Å². The van der Waals surface area contributed by atoms with Crippen LogP contribution in [0.5, 0.6) is 0 Å². The zero-order valence-corrected chi connectivity index (χ0v) is 15.7. The van der Waals surface area contributed by atoms with E-state index in [1.54, 1.807) is 0 Å². The van der Waals surface area contributed by atoms with Crippen molar-refractivity contribution in [2.45, 2.75) is 63.1 Å². The van der Waals surface area contributed by atoms with Crippen LogP contribution in [-0.2, 0) is 11.3 Å². The number of hydrogen-bond donors (Lipinski definition) is 1. The van der Waals surface area contributed by atoms with Gasteiger partial charge in [0, 0.05) is 36.7 Å². The van der Waals surface area contributed by atoms with Crippen molar-refractivity contribution in [1.82, 2.24) is 9.80 Å². The minimum absolute atomic E-state index is 0.0184. The lowest BCUT2D eigenvalue weighted by molar-refractivity contribution is -0.142. The van der Waals surface area contributed by atoms with Gasteiger partial charge in [0.05, 0.1) is 6.10 Å². The van der Waals surface area contributed by atoms with E-state index in [0.29, 0.717) is 31.5 Å². The number of nitrogens with zero attached hydrogens (tertiary/aromatic N) is 2. The molecule has 0 aromatic heterocycles. The SMILES string of the molecule is O=C(C1CC(O)C1)N1CCCC2(CCCN2Cc2cc(F)ccc2F)CC1. The van der Waals surface area contributed by atoms with Crippen molar-refractivity contribution in [3.8, 4) is 0 Å². The van der Waals surface area contributed by atoms with Gasteiger partial charge >= 0.3 is 0 Å². The molecule has 27 heavy (non-hydrogen) atoms. The minimum atomic E-state index is -0.403. The van der Waals surface area contributed by atoms with Gasteiger partial charge in [-0.3, -0.25) is 9.69 Å². The number of hydrogen-bond acceptors (Lipinski definition) is 3. The molecule has 4 nitrogen and oxygen atoms in total. The lowest BCUT2D eigenvalue weighted by Crippen LogP contribution is -2.46. The Morgan fingerprint density at radius 2 is 1.85 bits per heavy atom. The van der Waals surface area contributed by atoms with Gasteiger partial charge in [-0.25, -0.2) is 8.78 Å². The second kappa shape index (κ2) is 7.47. The van der Waals surface area contributed by atoms with Crippen LogP contribution in [0, 0.1) is 17.6 Å². The molecule has 4 rings (SSSR count). The smallest absolute Gasteiger partial charge is 0.225 e. The molecule has 1 aromatic rings. The largest absolute Gasteiger partial charge is 0.393 e. The Balaban J connectivity index is 1.44. The number of benzene rings is 1. The van der Waals surface area contributed by atoms with Crippen molar-refractivity contribution < 1.29 is 18.7 Å². The van der Waals surface area contributed by atoms with Crippen molar-refractivity contribution in [1.29, 1.82) is 0 Å². The molecular formula is C21H28F2N2O2. The first kappa shape index (κ1) is 18.8. The summed E-state index contributed by atoms with van der Waals surface area (Å²) in [5.74, 6) is -0.597. The van der Waals surface area contributed by atoms with Crippen molar-refractivity contribution in [2.24, 2.45) is 5.92 Å². The maximum atomic E-state index is 14.1. The van der Waals surface area contributed by atoms with Crippen molar-refractivity contribution >= 4 is 5.91 Å². The highest BCUT2D eigenvalue weighted by Gasteiger charge is 2.43. The minimum Gasteiger partial charge on any atom is -0.393 e. The van der Waals surface area contributed by atoms with Gasteiger partial charge in [0.2, 0.25) is 5.91 Å². The monoisotopic (exact) mass is 378 g/mol. The molecule has 2 saturated heterocycles. The first-order valence-electron chi connectivity index (χ1n) is 10.1. The molecule has 1 N–H and O–H groups in total. The highest BCUT2D eigenvalue weighted by molar-refractivity contribution is 5.79. The number of amides is 1. The highest BCUT2D eigenvalue weighted by atomic mass is 19.1. The van der Waals surface area contributed by atoms with Crippen LogP contribution in [-0.4, -0.2) is 52.1 Å². The maximum Gasteiger partial charge on any atom is 0.225 e. The molecule has 1 aliphatic carbocycles. The summed E-state index contributed by atoms with van der Waals surface area (Å²) in [4.78, 5) is 16.9. The van der Waals surface area contributed by atoms with Crippen LogP contribution in [0.25, 0.3) is 0 Å². The van der Waals surface area contributed by atoms with E-state index in [1.165, 1.54) is 12.1 Å². The van der Waals surface area contributed by atoms with Crippen LogP contribution >= 0.6 is 0 Å². The van der Waals surface area contributed by atoms with Crippen LogP contribution in [0.3, 0.4) is 0 Å². The number of halogens is 2. The van der Waals surface area contributed by atoms with Gasteiger partial charge in [0.25, 0.3) is 0 Å². The van der Waals surface area contributed by atoms with E-state index < -0.39 is 5.82 Å². The summed E-state index contributed by atoms with van der Waals surface area (Å²) in [6.07, 6.45) is 5.77. The van der Waals surface area contributed by atoms with E-state index in [0.717, 1.165) is 51.3 Å². The fourth-order valence-electron chi connectivity index (χ4n) is 5.12. The summed E-state index contributed by atoms with van der Waals surface area (Å²) in [6.45, 7) is 2.79. The second-order valence-electron chi connectivity index (χ2n) is 8.49. The maximum absolute atomic E-state index is 14.1. The molecule has 148 valence electrons. The zero-order chi connectivity index (χ0) is 19.0. The topological polar surface area (TPSA) is 43.8 Å². The fourth-order valence-corrected chi connectivity index (χ4v) is 5.12. The highest BCUT2D eigenvalue weighted by Crippen LogP contribution is 2.40. The van der Waals surface area contributed by atoms with E-state index in [4.69, 9.17) is 0 Å². The number of carbonyl (C=O) groups excluding carboxylic acids is 1. The molecule has 3 aliphatic rings. The molecule has 1 spiro atoms. The first-order valence-corrected chi connectivity index (χ1v) is 10.1. The predicted octanol–water partition coefficient (Wildman–Crippen LogP) is 3.08. The molecule has 3 fully saturated rings. The fraction of sp³-hybridized carbons (Fsp3) is 0.667. The quantitative estimate of drug-likeness (QED) is 0.879. The number of aliphatic hydroxyl groups is 1. The van der Waals surface area contributed by atoms with Gasteiger partial charge in [0.15, 0.2) is 0 Å². The first-order chi connectivity index (χ1) is 13.0. The Morgan fingerprint density at radius 1 is 1.11 bits per heavy atom. The van der Waals surface area contributed by atoms with Crippen LogP contribution < -0.4 is 0 Å². The lowest BCUT2D eigenvalue weighted by Gasteiger charge is -2.39. The molecule has 2 aliphatic heterocycles. The number of likely N-dealkylation sites (tertiary alicyclic amines) is 2. The van der Waals surface area contributed by atoms with Gasteiger partial charge in [-0.1, -0.05) is 0 Å². The predicted molar refractivity (Wildman–Crippen MR) is 97.9 cm³/mol. The van der Waals surface area contributed by atoms with E-state index in [-0.39, 0.29) is 29.3 Å². The van der Waals surface area contributed by atoms with Crippen molar-refractivity contribution in [3.05, 3.63) is 35.4 Å². The lowest BCUT2D eigenvalue weighted by atomic mass is 9.81. The molecule has 1 unspecified atom stereocenters. The molecular weight excluding hydrogens is 350 g/mol. The van der Waals surface area contributed by atoms with E-state index in [2.05, 4.69) is 4.90 Å².